The highest BCUT2D eigenvalue weighted by atomic mass is 16.6. The van der Waals surface area contributed by atoms with Crippen LogP contribution in [0.4, 0.5) is 11.6 Å². The quantitative estimate of drug-likeness (QED) is 0.554. The summed E-state index contributed by atoms with van der Waals surface area (Å²) < 4.78 is 5.57. The Hall–Kier alpha value is -3.68. The number of carbonyl (C=O) groups is 1. The highest BCUT2D eigenvalue weighted by Crippen LogP contribution is 2.37. The number of phenols is 1. The minimum Gasteiger partial charge on any atom is -0.507 e. The zero-order chi connectivity index (χ0) is 18.0. The standard InChI is InChI=1S/C17H13N3O5/c1-10(21)18-17-15(11-5-3-2-4-6-11)19-16(25-17)13-8-7-12(20(23)24)9-14(13)22/h2-9,22H,1H3,(H,18,21). The molecule has 8 heteroatoms. The molecule has 0 radical (unpaired) electrons. The second kappa shape index (κ2) is 6.44. The van der Waals surface area contributed by atoms with Crippen LogP contribution in [-0.2, 0) is 4.79 Å². The van der Waals surface area contributed by atoms with E-state index in [1.807, 2.05) is 18.2 Å². The first-order valence-electron chi connectivity index (χ1n) is 7.27. The molecule has 0 fully saturated rings. The smallest absolute Gasteiger partial charge is 0.273 e. The van der Waals surface area contributed by atoms with E-state index in [0.29, 0.717) is 11.3 Å². The molecule has 2 aromatic carbocycles. The van der Waals surface area contributed by atoms with Gasteiger partial charge in [-0.15, -0.1) is 0 Å². The zero-order valence-corrected chi connectivity index (χ0v) is 13.1. The van der Waals surface area contributed by atoms with Crippen LogP contribution in [0, 0.1) is 10.1 Å². The number of rotatable bonds is 4. The number of carbonyl (C=O) groups excluding carboxylic acids is 1. The molecule has 0 spiro atoms. The lowest BCUT2D eigenvalue weighted by Crippen LogP contribution is -2.05. The van der Waals surface area contributed by atoms with Crippen molar-refractivity contribution in [2.45, 2.75) is 6.92 Å². The second-order valence-corrected chi connectivity index (χ2v) is 5.20. The van der Waals surface area contributed by atoms with Gasteiger partial charge in [0.2, 0.25) is 17.7 Å². The fraction of sp³-hybridized carbons (Fsp3) is 0.0588. The summed E-state index contributed by atoms with van der Waals surface area (Å²) in [7, 11) is 0. The summed E-state index contributed by atoms with van der Waals surface area (Å²) in [6.45, 7) is 1.33. The summed E-state index contributed by atoms with van der Waals surface area (Å²) in [6, 6.07) is 12.6. The maximum atomic E-state index is 11.4. The van der Waals surface area contributed by atoms with Crippen molar-refractivity contribution in [3.05, 3.63) is 58.6 Å². The number of non-ortho nitro benzene ring substituents is 1. The van der Waals surface area contributed by atoms with Crippen LogP contribution in [0.2, 0.25) is 0 Å². The molecule has 0 aliphatic rings. The molecule has 0 bridgehead atoms. The number of anilines is 1. The van der Waals surface area contributed by atoms with Gasteiger partial charge in [-0.05, 0) is 6.07 Å². The first-order chi connectivity index (χ1) is 12.0. The van der Waals surface area contributed by atoms with Crippen molar-refractivity contribution < 1.29 is 19.2 Å². The molecular formula is C17H13N3O5. The van der Waals surface area contributed by atoms with Gasteiger partial charge in [0.25, 0.3) is 5.69 Å². The number of nitrogens with one attached hydrogen (secondary N) is 1. The van der Waals surface area contributed by atoms with E-state index < -0.39 is 4.92 Å². The number of nitro groups is 1. The molecule has 0 atom stereocenters. The third kappa shape index (κ3) is 3.32. The summed E-state index contributed by atoms with van der Waals surface area (Å²) in [5, 5.41) is 23.4. The maximum absolute atomic E-state index is 11.4. The summed E-state index contributed by atoms with van der Waals surface area (Å²) in [4.78, 5) is 25.9. The van der Waals surface area contributed by atoms with E-state index >= 15 is 0 Å². The Balaban J connectivity index is 2.10. The first-order valence-corrected chi connectivity index (χ1v) is 7.27. The molecule has 126 valence electrons. The normalized spacial score (nSPS) is 10.4. The van der Waals surface area contributed by atoms with E-state index in [9.17, 15) is 20.0 Å². The van der Waals surface area contributed by atoms with Crippen LogP contribution in [0.15, 0.2) is 52.9 Å². The molecule has 25 heavy (non-hydrogen) atoms. The maximum Gasteiger partial charge on any atom is 0.273 e. The minimum absolute atomic E-state index is 0.0370. The number of hydrogen-bond acceptors (Lipinski definition) is 6. The topological polar surface area (TPSA) is 118 Å². The van der Waals surface area contributed by atoms with Crippen LogP contribution in [0.3, 0.4) is 0 Å². The molecule has 0 saturated carbocycles. The van der Waals surface area contributed by atoms with Crippen LogP contribution in [-0.4, -0.2) is 20.9 Å². The lowest BCUT2D eigenvalue weighted by molar-refractivity contribution is -0.384. The predicted octanol–water partition coefficient (Wildman–Crippen LogP) is 3.58. The summed E-state index contributed by atoms with van der Waals surface area (Å²) >= 11 is 0. The van der Waals surface area contributed by atoms with Crippen LogP contribution in [0.1, 0.15) is 6.92 Å². The van der Waals surface area contributed by atoms with Gasteiger partial charge < -0.3 is 9.52 Å². The van der Waals surface area contributed by atoms with Gasteiger partial charge in [0.1, 0.15) is 11.4 Å². The van der Waals surface area contributed by atoms with E-state index in [-0.39, 0.29) is 34.7 Å². The van der Waals surface area contributed by atoms with Gasteiger partial charge in [-0.2, -0.15) is 0 Å². The zero-order valence-electron chi connectivity index (χ0n) is 13.1. The highest BCUT2D eigenvalue weighted by molar-refractivity contribution is 5.91. The lowest BCUT2D eigenvalue weighted by Gasteiger charge is -2.00. The molecule has 0 saturated heterocycles. The van der Waals surface area contributed by atoms with Crippen LogP contribution >= 0.6 is 0 Å². The molecule has 1 heterocycles. The average Bonchev–Trinajstić information content (AvgIpc) is 2.98. The fourth-order valence-electron chi connectivity index (χ4n) is 2.29. The van der Waals surface area contributed by atoms with Crippen molar-refractivity contribution in [2.75, 3.05) is 5.32 Å². The van der Waals surface area contributed by atoms with Crippen molar-refractivity contribution in [3.8, 4) is 28.5 Å². The number of nitro benzene ring substituents is 1. The third-order valence-corrected chi connectivity index (χ3v) is 3.39. The lowest BCUT2D eigenvalue weighted by atomic mass is 10.1. The number of aromatic nitrogens is 1. The van der Waals surface area contributed by atoms with Crippen molar-refractivity contribution in [2.24, 2.45) is 0 Å². The number of aromatic hydroxyl groups is 1. The molecule has 1 aromatic heterocycles. The predicted molar refractivity (Wildman–Crippen MR) is 90.0 cm³/mol. The molecule has 0 aliphatic heterocycles. The Morgan fingerprint density at radius 1 is 1.24 bits per heavy atom. The Morgan fingerprint density at radius 2 is 1.96 bits per heavy atom. The van der Waals surface area contributed by atoms with Crippen molar-refractivity contribution >= 4 is 17.5 Å². The fourth-order valence-corrected chi connectivity index (χ4v) is 2.29. The highest BCUT2D eigenvalue weighted by Gasteiger charge is 2.20. The Kier molecular flexibility index (Phi) is 4.17. The van der Waals surface area contributed by atoms with Crippen LogP contribution < -0.4 is 5.32 Å². The van der Waals surface area contributed by atoms with Crippen molar-refractivity contribution in [3.63, 3.8) is 0 Å². The van der Waals surface area contributed by atoms with Gasteiger partial charge in [0, 0.05) is 18.6 Å². The molecule has 8 nitrogen and oxygen atoms in total. The molecule has 0 aliphatic carbocycles. The van der Waals surface area contributed by atoms with Gasteiger partial charge in [0.05, 0.1) is 16.6 Å². The summed E-state index contributed by atoms with van der Waals surface area (Å²) in [5.74, 6) is -0.515. The monoisotopic (exact) mass is 339 g/mol. The van der Waals surface area contributed by atoms with Crippen LogP contribution in [0.5, 0.6) is 5.75 Å². The van der Waals surface area contributed by atoms with Gasteiger partial charge in [-0.1, -0.05) is 30.3 Å². The number of nitrogens with zero attached hydrogens (tertiary/aromatic N) is 2. The van der Waals surface area contributed by atoms with Crippen LogP contribution in [0.25, 0.3) is 22.7 Å². The molecule has 3 rings (SSSR count). The van der Waals surface area contributed by atoms with E-state index in [0.717, 1.165) is 6.07 Å². The SMILES string of the molecule is CC(=O)Nc1oc(-c2ccc([N+](=O)[O-])cc2O)nc1-c1ccccc1. The average molecular weight is 339 g/mol. The number of phenolic OH excluding ortho intramolecular Hbond substituents is 1. The van der Waals surface area contributed by atoms with E-state index in [1.54, 1.807) is 12.1 Å². The summed E-state index contributed by atoms with van der Waals surface area (Å²) in [6.07, 6.45) is 0. The Labute approximate surface area is 141 Å². The van der Waals surface area contributed by atoms with E-state index in [4.69, 9.17) is 4.42 Å². The van der Waals surface area contributed by atoms with E-state index in [1.165, 1.54) is 19.1 Å². The number of oxazole rings is 1. The van der Waals surface area contributed by atoms with Gasteiger partial charge >= 0.3 is 0 Å². The number of amides is 1. The summed E-state index contributed by atoms with van der Waals surface area (Å²) in [5.41, 5.74) is 1.03. The van der Waals surface area contributed by atoms with Gasteiger partial charge in [-0.25, -0.2) is 4.98 Å². The van der Waals surface area contributed by atoms with Gasteiger partial charge in [0.15, 0.2) is 0 Å². The molecule has 1 amide bonds. The number of hydrogen-bond donors (Lipinski definition) is 2. The van der Waals surface area contributed by atoms with E-state index in [2.05, 4.69) is 10.3 Å². The largest absolute Gasteiger partial charge is 0.507 e. The number of benzene rings is 2. The van der Waals surface area contributed by atoms with Gasteiger partial charge in [-0.3, -0.25) is 20.2 Å². The minimum atomic E-state index is -0.614. The van der Waals surface area contributed by atoms with Crippen molar-refractivity contribution in [1.82, 2.24) is 4.98 Å². The first kappa shape index (κ1) is 16.2. The third-order valence-electron chi connectivity index (χ3n) is 3.39. The Bertz CT molecular complexity index is 950. The Morgan fingerprint density at radius 3 is 2.56 bits per heavy atom. The van der Waals surface area contributed by atoms with Crippen molar-refractivity contribution in [1.29, 1.82) is 0 Å². The molecule has 2 N–H and O–H groups in total. The molecule has 3 aromatic rings. The molecule has 0 unspecified atom stereocenters. The molecular weight excluding hydrogens is 326 g/mol. The second-order valence-electron chi connectivity index (χ2n) is 5.20.